The van der Waals surface area contributed by atoms with E-state index in [1.54, 1.807) is 6.92 Å². The van der Waals surface area contributed by atoms with E-state index < -0.39 is 35.2 Å². The van der Waals surface area contributed by atoms with Crippen molar-refractivity contribution in [3.05, 3.63) is 58.5 Å². The van der Waals surface area contributed by atoms with E-state index in [4.69, 9.17) is 4.52 Å². The summed E-state index contributed by atoms with van der Waals surface area (Å²) < 4.78 is 33.4. The van der Waals surface area contributed by atoms with E-state index in [0.29, 0.717) is 5.76 Å². The summed E-state index contributed by atoms with van der Waals surface area (Å²) in [5.74, 6) is -1.75. The first-order valence-corrected chi connectivity index (χ1v) is 7.73. The van der Waals surface area contributed by atoms with Gasteiger partial charge in [-0.3, -0.25) is 4.79 Å². The van der Waals surface area contributed by atoms with E-state index in [9.17, 15) is 18.4 Å². The van der Waals surface area contributed by atoms with Gasteiger partial charge in [0, 0.05) is 18.8 Å². The van der Waals surface area contributed by atoms with Gasteiger partial charge in [-0.05, 0) is 26.0 Å². The average Bonchev–Trinajstić information content (AvgIpc) is 2.97. The quantitative estimate of drug-likeness (QED) is 0.879. The number of aryl methyl sites for hydroxylation is 1. The first-order valence-electron chi connectivity index (χ1n) is 7.73. The standard InChI is InChI=1S/C17H16F2N4O3/c1-8-7-12(22-26-8)20-16(24)13-9(2)23(3)17(25)21-15(13)14-10(18)5-4-6-11(14)19/h4-7,15H,1-3H3,(H,21,25)(H,20,22,24). The Morgan fingerprint density at radius 3 is 2.54 bits per heavy atom. The number of amides is 3. The highest BCUT2D eigenvalue weighted by molar-refractivity contribution is 6.06. The van der Waals surface area contributed by atoms with Gasteiger partial charge in [0.2, 0.25) is 0 Å². The summed E-state index contributed by atoms with van der Waals surface area (Å²) >= 11 is 0. The first kappa shape index (κ1) is 17.6. The van der Waals surface area contributed by atoms with Gasteiger partial charge in [-0.15, -0.1) is 0 Å². The molecule has 2 aromatic rings. The highest BCUT2D eigenvalue weighted by atomic mass is 19.1. The fraction of sp³-hybridized carbons (Fsp3) is 0.235. The lowest BCUT2D eigenvalue weighted by atomic mass is 9.93. The van der Waals surface area contributed by atoms with E-state index in [0.717, 1.165) is 12.1 Å². The second-order valence-electron chi connectivity index (χ2n) is 5.85. The fourth-order valence-corrected chi connectivity index (χ4v) is 2.74. The zero-order chi connectivity index (χ0) is 19.0. The summed E-state index contributed by atoms with van der Waals surface area (Å²) in [5, 5.41) is 8.64. The van der Waals surface area contributed by atoms with Crippen LogP contribution in [-0.4, -0.2) is 29.0 Å². The molecule has 0 saturated heterocycles. The zero-order valence-electron chi connectivity index (χ0n) is 14.3. The van der Waals surface area contributed by atoms with Crippen molar-refractivity contribution in [3.8, 4) is 0 Å². The van der Waals surface area contributed by atoms with Crippen molar-refractivity contribution in [1.82, 2.24) is 15.4 Å². The molecule has 2 heterocycles. The molecule has 3 rings (SSSR count). The van der Waals surface area contributed by atoms with Gasteiger partial charge in [0.1, 0.15) is 17.4 Å². The summed E-state index contributed by atoms with van der Waals surface area (Å²) in [7, 11) is 1.45. The highest BCUT2D eigenvalue weighted by Gasteiger charge is 2.37. The first-order chi connectivity index (χ1) is 12.3. The molecule has 1 aliphatic heterocycles. The van der Waals surface area contributed by atoms with Gasteiger partial charge >= 0.3 is 6.03 Å². The summed E-state index contributed by atoms with van der Waals surface area (Å²) in [5.41, 5.74) is -0.148. The Morgan fingerprint density at radius 1 is 1.31 bits per heavy atom. The Hall–Kier alpha value is -3.23. The van der Waals surface area contributed by atoms with E-state index in [1.807, 2.05) is 0 Å². The largest absolute Gasteiger partial charge is 0.360 e. The molecule has 26 heavy (non-hydrogen) atoms. The van der Waals surface area contributed by atoms with Crippen molar-refractivity contribution in [2.24, 2.45) is 0 Å². The van der Waals surface area contributed by atoms with Crippen LogP contribution in [0.4, 0.5) is 19.4 Å². The molecule has 1 aromatic heterocycles. The monoisotopic (exact) mass is 362 g/mol. The number of halogens is 2. The lowest BCUT2D eigenvalue weighted by Crippen LogP contribution is -2.47. The average molecular weight is 362 g/mol. The zero-order valence-corrected chi connectivity index (χ0v) is 14.3. The van der Waals surface area contributed by atoms with Crippen LogP contribution < -0.4 is 10.6 Å². The third-order valence-electron chi connectivity index (χ3n) is 4.16. The van der Waals surface area contributed by atoms with Crippen LogP contribution in [0.5, 0.6) is 0 Å². The van der Waals surface area contributed by atoms with E-state index in [-0.39, 0.29) is 17.1 Å². The minimum absolute atomic E-state index is 0.00301. The Balaban J connectivity index is 2.07. The van der Waals surface area contributed by atoms with Crippen molar-refractivity contribution in [3.63, 3.8) is 0 Å². The molecule has 2 N–H and O–H groups in total. The number of anilines is 1. The Morgan fingerprint density at radius 2 is 1.96 bits per heavy atom. The van der Waals surface area contributed by atoms with Crippen molar-refractivity contribution >= 4 is 17.8 Å². The summed E-state index contributed by atoms with van der Waals surface area (Å²) in [4.78, 5) is 26.1. The number of benzene rings is 1. The maximum atomic E-state index is 14.3. The number of aromatic nitrogens is 1. The molecule has 0 spiro atoms. The molecule has 1 unspecified atom stereocenters. The number of nitrogens with zero attached hydrogens (tertiary/aromatic N) is 2. The number of hydrogen-bond acceptors (Lipinski definition) is 4. The second-order valence-corrected chi connectivity index (χ2v) is 5.85. The molecule has 0 bridgehead atoms. The molecule has 0 fully saturated rings. The van der Waals surface area contributed by atoms with Crippen molar-refractivity contribution in [1.29, 1.82) is 0 Å². The van der Waals surface area contributed by atoms with Gasteiger partial charge in [-0.2, -0.15) is 0 Å². The number of carbonyl (C=O) groups is 2. The third kappa shape index (κ3) is 3.03. The Kier molecular flexibility index (Phi) is 4.45. The maximum Gasteiger partial charge on any atom is 0.322 e. The van der Waals surface area contributed by atoms with Crippen molar-refractivity contribution < 1.29 is 22.9 Å². The summed E-state index contributed by atoms with van der Waals surface area (Å²) in [6.07, 6.45) is 0. The molecule has 3 amide bonds. The molecular formula is C17H16F2N4O3. The fourth-order valence-electron chi connectivity index (χ4n) is 2.74. The molecule has 9 heteroatoms. The lowest BCUT2D eigenvalue weighted by molar-refractivity contribution is -0.113. The number of urea groups is 1. The van der Waals surface area contributed by atoms with Crippen LogP contribution >= 0.6 is 0 Å². The molecule has 136 valence electrons. The van der Waals surface area contributed by atoms with Crippen molar-refractivity contribution in [2.45, 2.75) is 19.9 Å². The van der Waals surface area contributed by atoms with Crippen LogP contribution in [0.1, 0.15) is 24.3 Å². The Bertz CT molecular complexity index is 902. The molecule has 0 radical (unpaired) electrons. The van der Waals surface area contributed by atoms with Gasteiger partial charge < -0.3 is 20.1 Å². The minimum atomic E-state index is -1.28. The lowest BCUT2D eigenvalue weighted by Gasteiger charge is -2.33. The number of hydrogen-bond donors (Lipinski definition) is 2. The molecule has 0 saturated carbocycles. The summed E-state index contributed by atoms with van der Waals surface area (Å²) in [6, 6.07) is 2.97. The molecule has 1 aromatic carbocycles. The topological polar surface area (TPSA) is 87.5 Å². The Labute approximate surface area is 147 Å². The number of allylic oxidation sites excluding steroid dienone is 1. The number of nitrogens with one attached hydrogen (secondary N) is 2. The molecule has 0 aliphatic carbocycles. The van der Waals surface area contributed by atoms with Crippen LogP contribution in [0.3, 0.4) is 0 Å². The van der Waals surface area contributed by atoms with E-state index >= 15 is 0 Å². The normalized spacial score (nSPS) is 17.3. The smallest absolute Gasteiger partial charge is 0.322 e. The van der Waals surface area contributed by atoms with Crippen molar-refractivity contribution in [2.75, 3.05) is 12.4 Å². The summed E-state index contributed by atoms with van der Waals surface area (Å²) in [6.45, 7) is 3.17. The van der Waals surface area contributed by atoms with Crippen LogP contribution in [0, 0.1) is 18.6 Å². The van der Waals surface area contributed by atoms with Gasteiger partial charge in [0.15, 0.2) is 5.82 Å². The van der Waals surface area contributed by atoms with Crippen LogP contribution in [0.2, 0.25) is 0 Å². The van der Waals surface area contributed by atoms with Gasteiger partial charge in [0.25, 0.3) is 5.91 Å². The molecule has 7 nitrogen and oxygen atoms in total. The highest BCUT2D eigenvalue weighted by Crippen LogP contribution is 2.33. The van der Waals surface area contributed by atoms with Crippen LogP contribution in [-0.2, 0) is 4.79 Å². The molecular weight excluding hydrogens is 346 g/mol. The predicted octanol–water partition coefficient (Wildman–Crippen LogP) is 2.87. The number of rotatable bonds is 3. The van der Waals surface area contributed by atoms with E-state index in [2.05, 4.69) is 15.8 Å². The minimum Gasteiger partial charge on any atom is -0.360 e. The maximum absolute atomic E-state index is 14.3. The van der Waals surface area contributed by atoms with Gasteiger partial charge in [0.05, 0.1) is 17.2 Å². The van der Waals surface area contributed by atoms with Gasteiger partial charge in [-0.1, -0.05) is 11.2 Å². The number of carbonyl (C=O) groups excluding carboxylic acids is 2. The predicted molar refractivity (Wildman–Crippen MR) is 88.0 cm³/mol. The second kappa shape index (κ2) is 6.58. The third-order valence-corrected chi connectivity index (χ3v) is 4.16. The van der Waals surface area contributed by atoms with Gasteiger partial charge in [-0.25, -0.2) is 13.6 Å². The van der Waals surface area contributed by atoms with Crippen LogP contribution in [0.15, 0.2) is 40.1 Å². The molecule has 1 aliphatic rings. The van der Waals surface area contributed by atoms with Crippen LogP contribution in [0.25, 0.3) is 0 Å². The SMILES string of the molecule is CC1=C(C(=O)Nc2cc(C)on2)C(c2c(F)cccc2F)NC(=O)N1C. The van der Waals surface area contributed by atoms with E-state index in [1.165, 1.54) is 31.0 Å². The molecule has 1 atom stereocenters.